The van der Waals surface area contributed by atoms with Crippen molar-refractivity contribution in [3.63, 3.8) is 0 Å². The van der Waals surface area contributed by atoms with E-state index in [9.17, 15) is 10.1 Å². The predicted octanol–water partition coefficient (Wildman–Crippen LogP) is 2.20. The third kappa shape index (κ3) is 2.69. The Morgan fingerprint density at radius 2 is 2.43 bits per heavy atom. The quantitative estimate of drug-likeness (QED) is 0.444. The molecule has 1 N–H and O–H groups in total. The molecule has 0 aliphatic rings. The minimum absolute atomic E-state index is 0.108. The largest absolute Gasteiger partial charge is 0.386 e. The fourth-order valence-corrected chi connectivity index (χ4v) is 1.08. The third-order valence-electron chi connectivity index (χ3n) is 1.81. The fraction of sp³-hybridized carbons (Fsp3) is 0.444. The summed E-state index contributed by atoms with van der Waals surface area (Å²) in [5, 5.41) is 13.5. The van der Waals surface area contributed by atoms with Crippen LogP contribution >= 0.6 is 0 Å². The van der Waals surface area contributed by atoms with E-state index in [0.717, 1.165) is 19.4 Å². The summed E-state index contributed by atoms with van der Waals surface area (Å²) < 4.78 is 0. The average Bonchev–Trinajstić information content (AvgIpc) is 2.19. The molecule has 0 saturated heterocycles. The van der Waals surface area contributed by atoms with Gasteiger partial charge in [0.15, 0.2) is 0 Å². The summed E-state index contributed by atoms with van der Waals surface area (Å²) in [6.45, 7) is 2.81. The van der Waals surface area contributed by atoms with Gasteiger partial charge in [0.25, 0.3) is 0 Å². The highest BCUT2D eigenvalue weighted by Crippen LogP contribution is 2.19. The Hall–Kier alpha value is -1.65. The van der Waals surface area contributed by atoms with Crippen LogP contribution in [0, 0.1) is 10.1 Å². The maximum Gasteiger partial charge on any atom is 0.386 e. The second-order valence-corrected chi connectivity index (χ2v) is 2.91. The number of hydrogen-bond donors (Lipinski definition) is 1. The van der Waals surface area contributed by atoms with E-state index in [1.165, 1.54) is 6.20 Å². The molecular formula is C9H13N3O2. The summed E-state index contributed by atoms with van der Waals surface area (Å²) in [4.78, 5) is 13.8. The number of anilines is 1. The molecule has 0 unspecified atom stereocenters. The zero-order valence-electron chi connectivity index (χ0n) is 8.06. The number of nitrogens with one attached hydrogen (secondary N) is 1. The van der Waals surface area contributed by atoms with E-state index in [-0.39, 0.29) is 5.82 Å². The van der Waals surface area contributed by atoms with Crippen LogP contribution in [0.15, 0.2) is 18.3 Å². The Balaban J connectivity index is 2.69. The first-order valence-electron chi connectivity index (χ1n) is 4.59. The van der Waals surface area contributed by atoms with Crippen LogP contribution in [0.3, 0.4) is 0 Å². The average molecular weight is 195 g/mol. The Kier molecular flexibility index (Phi) is 3.84. The zero-order valence-corrected chi connectivity index (χ0v) is 8.06. The molecule has 5 heteroatoms. The van der Waals surface area contributed by atoms with Crippen molar-refractivity contribution in [3.8, 4) is 0 Å². The second-order valence-electron chi connectivity index (χ2n) is 2.91. The number of aromatic nitrogens is 1. The van der Waals surface area contributed by atoms with Crippen molar-refractivity contribution in [1.82, 2.24) is 4.98 Å². The van der Waals surface area contributed by atoms with Crippen LogP contribution < -0.4 is 5.32 Å². The predicted molar refractivity (Wildman–Crippen MR) is 54.3 cm³/mol. The normalized spacial score (nSPS) is 9.79. The molecule has 0 amide bonds. The van der Waals surface area contributed by atoms with Crippen LogP contribution in [0.5, 0.6) is 0 Å². The van der Waals surface area contributed by atoms with Gasteiger partial charge in [-0.15, -0.1) is 0 Å². The Labute approximate surface area is 82.3 Å². The number of rotatable bonds is 5. The minimum Gasteiger partial charge on any atom is -0.378 e. The highest BCUT2D eigenvalue weighted by Gasteiger charge is 2.12. The molecule has 5 nitrogen and oxygen atoms in total. The second kappa shape index (κ2) is 5.16. The molecule has 0 radical (unpaired) electrons. The van der Waals surface area contributed by atoms with Crippen LogP contribution in [0.4, 0.5) is 11.5 Å². The maximum atomic E-state index is 10.6. The van der Waals surface area contributed by atoms with Crippen molar-refractivity contribution in [2.45, 2.75) is 19.8 Å². The summed E-state index contributed by atoms with van der Waals surface area (Å²) >= 11 is 0. The van der Waals surface area contributed by atoms with Crippen molar-refractivity contribution >= 4 is 11.5 Å². The lowest BCUT2D eigenvalue weighted by Crippen LogP contribution is -2.04. The molecule has 0 saturated carbocycles. The molecule has 76 valence electrons. The van der Waals surface area contributed by atoms with Gasteiger partial charge in [0.05, 0.1) is 0 Å². The molecule has 0 fully saturated rings. The van der Waals surface area contributed by atoms with Gasteiger partial charge in [-0.3, -0.25) is 0 Å². The van der Waals surface area contributed by atoms with Gasteiger partial charge in [-0.05, 0) is 28.5 Å². The van der Waals surface area contributed by atoms with Crippen LogP contribution in [0.1, 0.15) is 19.8 Å². The summed E-state index contributed by atoms with van der Waals surface area (Å²) in [7, 11) is 0. The lowest BCUT2D eigenvalue weighted by molar-refractivity contribution is -0.388. The first-order valence-corrected chi connectivity index (χ1v) is 4.59. The molecule has 0 spiro atoms. The summed E-state index contributed by atoms with van der Waals surface area (Å²) in [5.41, 5.74) is 0.492. The highest BCUT2D eigenvalue weighted by atomic mass is 16.6. The highest BCUT2D eigenvalue weighted by molar-refractivity contribution is 5.56. The first-order chi connectivity index (χ1) is 6.75. The van der Waals surface area contributed by atoms with Gasteiger partial charge >= 0.3 is 5.82 Å². The molecular weight excluding hydrogens is 182 g/mol. The standard InChI is InChI=1S/C9H13N3O2/c1-2-3-6-10-8-5-4-7-11-9(8)12(13)14/h4-5,7,10H,2-3,6H2,1H3. The van der Waals surface area contributed by atoms with Gasteiger partial charge in [0.1, 0.15) is 11.9 Å². The number of hydrogen-bond acceptors (Lipinski definition) is 4. The number of unbranched alkanes of at least 4 members (excludes halogenated alkanes) is 1. The van der Waals surface area contributed by atoms with Gasteiger partial charge < -0.3 is 15.4 Å². The van der Waals surface area contributed by atoms with E-state index >= 15 is 0 Å². The molecule has 0 aliphatic heterocycles. The summed E-state index contributed by atoms with van der Waals surface area (Å²) in [6, 6.07) is 3.35. The van der Waals surface area contributed by atoms with Crippen molar-refractivity contribution in [1.29, 1.82) is 0 Å². The number of nitro groups is 1. The van der Waals surface area contributed by atoms with E-state index in [2.05, 4.69) is 17.2 Å². The fourth-order valence-electron chi connectivity index (χ4n) is 1.08. The van der Waals surface area contributed by atoms with Crippen molar-refractivity contribution in [2.24, 2.45) is 0 Å². The third-order valence-corrected chi connectivity index (χ3v) is 1.81. The van der Waals surface area contributed by atoms with E-state index < -0.39 is 4.92 Å². The summed E-state index contributed by atoms with van der Waals surface area (Å²) in [5.74, 6) is -0.108. The van der Waals surface area contributed by atoms with Gasteiger partial charge in [-0.1, -0.05) is 13.3 Å². The minimum atomic E-state index is -0.478. The van der Waals surface area contributed by atoms with Gasteiger partial charge in [0.2, 0.25) is 0 Å². The number of pyridine rings is 1. The molecule has 1 rings (SSSR count). The molecule has 14 heavy (non-hydrogen) atoms. The molecule has 1 aromatic heterocycles. The van der Waals surface area contributed by atoms with Gasteiger partial charge in [0, 0.05) is 6.54 Å². The van der Waals surface area contributed by atoms with Crippen molar-refractivity contribution < 1.29 is 4.92 Å². The van der Waals surface area contributed by atoms with Gasteiger partial charge in [-0.2, -0.15) is 0 Å². The van der Waals surface area contributed by atoms with Crippen LogP contribution in [-0.2, 0) is 0 Å². The molecule has 1 heterocycles. The van der Waals surface area contributed by atoms with E-state index in [1.807, 2.05) is 0 Å². The monoisotopic (exact) mass is 195 g/mol. The topological polar surface area (TPSA) is 68.1 Å². The SMILES string of the molecule is CCCCNc1cccnc1[N+](=O)[O-]. The molecule has 0 aromatic carbocycles. The lowest BCUT2D eigenvalue weighted by Gasteiger charge is -2.04. The maximum absolute atomic E-state index is 10.6. The Bertz CT molecular complexity index is 315. The number of nitrogens with zero attached hydrogens (tertiary/aromatic N) is 2. The molecule has 0 atom stereocenters. The van der Waals surface area contributed by atoms with E-state index in [4.69, 9.17) is 0 Å². The van der Waals surface area contributed by atoms with Crippen molar-refractivity contribution in [2.75, 3.05) is 11.9 Å². The smallest absolute Gasteiger partial charge is 0.378 e. The zero-order chi connectivity index (χ0) is 10.4. The van der Waals surface area contributed by atoms with Crippen LogP contribution in [0.25, 0.3) is 0 Å². The van der Waals surface area contributed by atoms with Crippen LogP contribution in [0.2, 0.25) is 0 Å². The van der Waals surface area contributed by atoms with Crippen molar-refractivity contribution in [3.05, 3.63) is 28.4 Å². The van der Waals surface area contributed by atoms with Gasteiger partial charge in [-0.25, -0.2) is 0 Å². The first kappa shape index (κ1) is 10.4. The Morgan fingerprint density at radius 3 is 3.07 bits per heavy atom. The lowest BCUT2D eigenvalue weighted by atomic mass is 10.3. The molecule has 0 aliphatic carbocycles. The van der Waals surface area contributed by atoms with E-state index in [1.54, 1.807) is 12.1 Å². The summed E-state index contributed by atoms with van der Waals surface area (Å²) in [6.07, 6.45) is 3.47. The van der Waals surface area contributed by atoms with E-state index in [0.29, 0.717) is 5.69 Å². The molecule has 0 bridgehead atoms. The molecule has 1 aromatic rings. The Morgan fingerprint density at radius 1 is 1.64 bits per heavy atom. The van der Waals surface area contributed by atoms with Crippen LogP contribution in [-0.4, -0.2) is 16.5 Å².